The zero-order chi connectivity index (χ0) is 54.1. The molecule has 9 rings (SSSR count). The molecule has 1 unspecified atom stereocenters. The lowest BCUT2D eigenvalue weighted by atomic mass is 9.72. The highest BCUT2D eigenvalue weighted by Gasteiger charge is 2.56. The van der Waals surface area contributed by atoms with Crippen LogP contribution in [0.25, 0.3) is 0 Å². The number of aliphatic hydroxyl groups is 1. The molecule has 3 aliphatic heterocycles. The topological polar surface area (TPSA) is 315 Å². The smallest absolute Gasteiger partial charge is 0.421 e. The van der Waals surface area contributed by atoms with Gasteiger partial charge in [0.15, 0.2) is 24.6 Å². The predicted molar refractivity (Wildman–Crippen MR) is 262 cm³/mol. The molecule has 4 aliphatic carbocycles. The monoisotopic (exact) mass is 1080 g/mol. The van der Waals surface area contributed by atoms with Gasteiger partial charge in [0.05, 0.1) is 68.5 Å². The number of benzene rings is 2. The predicted octanol–water partition coefficient (Wildman–Crippen LogP) is 1.79. The fourth-order valence-corrected chi connectivity index (χ4v) is 12.1. The second-order valence-electron chi connectivity index (χ2n) is 20.1. The van der Waals surface area contributed by atoms with Gasteiger partial charge < -0.3 is 68.6 Å². The standard InChI is InChI=1S/C51H65N5O19S/c1-26(2)72-47-46-56(17-19-69-47)33-22-36(73-27(3)45(33)75-46)74-35-24-51(64,23-31-38(35)44(60)40-39(42(31)58)41(57)30-12-9-13-34(67-4)37(30)43(40)59)48(61)52-14-15-53-49(62)70-21-20-68-18-16-54-76(65,66)55-50(63)71-25-32-28-10-7-5-6-8-11-29(28)32/h9,12-13,26-29,32-33,35-36,45-47,54,58,60,64H,7-8,10-11,14-25H2,1-4H3,(H,52,61)(H,53,62)(H,55,63)/t27-,28-,29+,32?,33-,35-,36-,45+,46+,47+,51-/m0/s1. The van der Waals surface area contributed by atoms with Crippen LogP contribution in [-0.2, 0) is 59.3 Å². The second kappa shape index (κ2) is 23.1. The Balaban J connectivity index is 0.784. The van der Waals surface area contributed by atoms with Gasteiger partial charge in [0.1, 0.15) is 35.6 Å². The average molecular weight is 1080 g/mol. The molecule has 2 aromatic carbocycles. The first-order valence-corrected chi connectivity index (χ1v) is 27.1. The summed E-state index contributed by atoms with van der Waals surface area (Å²) < 4.78 is 80.9. The third kappa shape index (κ3) is 11.6. The van der Waals surface area contributed by atoms with E-state index in [9.17, 15) is 47.7 Å². The molecule has 76 heavy (non-hydrogen) atoms. The number of rotatable bonds is 19. The fourth-order valence-electron chi connectivity index (χ4n) is 11.4. The van der Waals surface area contributed by atoms with Crippen molar-refractivity contribution >= 4 is 39.9 Å². The lowest BCUT2D eigenvalue weighted by molar-refractivity contribution is -0.269. The van der Waals surface area contributed by atoms with E-state index in [0.29, 0.717) is 25.0 Å². The number of alkyl carbamates (subject to hydrolysis) is 1. The van der Waals surface area contributed by atoms with Gasteiger partial charge in [-0.15, -0.1) is 11.8 Å². The van der Waals surface area contributed by atoms with Gasteiger partial charge in [0, 0.05) is 81.0 Å². The summed E-state index contributed by atoms with van der Waals surface area (Å²) in [6.45, 7) is 5.57. The minimum Gasteiger partial charge on any atom is -0.507 e. The normalized spacial score (nSPS) is 29.3. The third-order valence-corrected chi connectivity index (χ3v) is 15.9. The number of methoxy groups -OCH3 is 1. The fraction of sp³-hybridized carbons (Fsp3) is 0.627. The van der Waals surface area contributed by atoms with Crippen molar-refractivity contribution in [2.24, 2.45) is 17.8 Å². The number of phenolic OH excluding ortho intramolecular Hbond substituents is 2. The van der Waals surface area contributed by atoms with Crippen molar-refractivity contribution in [3.8, 4) is 29.1 Å². The molecule has 2 aromatic rings. The van der Waals surface area contributed by atoms with Crippen LogP contribution in [0.4, 0.5) is 9.59 Å². The van der Waals surface area contributed by atoms with Crippen LogP contribution in [0.15, 0.2) is 18.2 Å². The number of phenols is 2. The summed E-state index contributed by atoms with van der Waals surface area (Å²) in [4.78, 5) is 69.1. The van der Waals surface area contributed by atoms with Crippen molar-refractivity contribution in [3.05, 3.63) is 51.6 Å². The Morgan fingerprint density at radius 3 is 2.39 bits per heavy atom. The van der Waals surface area contributed by atoms with Crippen LogP contribution in [0.3, 0.4) is 0 Å². The Hall–Kier alpha value is -5.66. The lowest BCUT2D eigenvalue weighted by Gasteiger charge is -2.43. The maximum atomic E-state index is 14.2. The summed E-state index contributed by atoms with van der Waals surface area (Å²) >= 11 is 0. The first-order chi connectivity index (χ1) is 36.4. The number of ether oxygens (including phenoxy) is 9. The van der Waals surface area contributed by atoms with E-state index < -0.39 is 118 Å². The Morgan fingerprint density at radius 2 is 1.66 bits per heavy atom. The van der Waals surface area contributed by atoms with Gasteiger partial charge in [0.2, 0.25) is 5.78 Å². The zero-order valence-corrected chi connectivity index (χ0v) is 43.4. The van der Waals surface area contributed by atoms with E-state index in [1.165, 1.54) is 25.3 Å². The molecule has 0 spiro atoms. The molecule has 0 radical (unpaired) electrons. The Labute approximate surface area is 439 Å². The molecular weight excluding hydrogens is 1020 g/mol. The van der Waals surface area contributed by atoms with Crippen molar-refractivity contribution in [2.75, 3.05) is 66.3 Å². The molecule has 3 amide bonds. The highest BCUT2D eigenvalue weighted by atomic mass is 32.2. The van der Waals surface area contributed by atoms with Crippen LogP contribution in [-0.4, -0.2) is 173 Å². The molecule has 7 N–H and O–H groups in total. The van der Waals surface area contributed by atoms with Gasteiger partial charge in [-0.1, -0.05) is 12.1 Å². The summed E-state index contributed by atoms with van der Waals surface area (Å²) in [5.74, 6) is 3.42. The molecule has 11 atom stereocenters. The van der Waals surface area contributed by atoms with Crippen LogP contribution < -0.4 is 24.8 Å². The zero-order valence-electron chi connectivity index (χ0n) is 42.6. The van der Waals surface area contributed by atoms with E-state index in [0.717, 1.165) is 25.7 Å². The van der Waals surface area contributed by atoms with E-state index >= 15 is 0 Å². The van der Waals surface area contributed by atoms with Gasteiger partial charge in [-0.2, -0.15) is 13.1 Å². The molecular formula is C51H65N5O19S. The summed E-state index contributed by atoms with van der Waals surface area (Å²) in [7, 11) is -2.90. The van der Waals surface area contributed by atoms with Gasteiger partial charge in [0.25, 0.3) is 5.91 Å². The second-order valence-corrected chi connectivity index (χ2v) is 21.6. The SMILES string of the molecule is COc1cccc2c1C(=O)c1c(O)c3c(c(O)c1C2=O)C[C@@](O)(C(=O)NCCNC(=O)OCCOCCNS(=O)(=O)NC(=O)OCC1[C@H]2CCC#CCC[C@@H]12)C[C@@H]3O[C@H]1C[C@H]2[C@H](O[C@@H]3[C@@H](OC(C)C)OCCN32)[C@H](C)O1. The number of hydrogen-bond acceptors (Lipinski definition) is 20. The summed E-state index contributed by atoms with van der Waals surface area (Å²) in [6.07, 6.45) is -4.15. The van der Waals surface area contributed by atoms with Crippen LogP contribution in [0.2, 0.25) is 0 Å². The number of carbonyl (C=O) groups excluding carboxylic acids is 5. The number of hydrogen-bond donors (Lipinski definition) is 7. The molecule has 1 saturated carbocycles. The van der Waals surface area contributed by atoms with E-state index in [1.807, 2.05) is 25.5 Å². The Kier molecular flexibility index (Phi) is 16.8. The van der Waals surface area contributed by atoms with Crippen molar-refractivity contribution < 1.29 is 90.3 Å². The number of ketones is 2. The number of morpholine rings is 1. The van der Waals surface area contributed by atoms with E-state index in [-0.39, 0.29) is 98.5 Å². The van der Waals surface area contributed by atoms with Gasteiger partial charge in [-0.25, -0.2) is 14.3 Å². The van der Waals surface area contributed by atoms with Crippen LogP contribution in [0.1, 0.15) is 108 Å². The van der Waals surface area contributed by atoms with Crippen molar-refractivity contribution in [2.45, 2.75) is 121 Å². The average Bonchev–Trinajstić information content (AvgIpc) is 4.03. The first kappa shape index (κ1) is 55.1. The molecule has 3 heterocycles. The molecule has 25 heteroatoms. The quantitative estimate of drug-likeness (QED) is 0.0511. The summed E-state index contributed by atoms with van der Waals surface area (Å²) in [5.41, 5.74) is -3.87. The van der Waals surface area contributed by atoms with Gasteiger partial charge >= 0.3 is 22.4 Å². The number of amides is 3. The molecule has 414 valence electrons. The maximum Gasteiger partial charge on any atom is 0.421 e. The minimum atomic E-state index is -4.23. The Morgan fingerprint density at radius 1 is 0.921 bits per heavy atom. The molecule has 7 aliphatic rings. The number of fused-ring (bicyclic) bond motifs is 7. The van der Waals surface area contributed by atoms with Crippen molar-refractivity contribution in [3.63, 3.8) is 0 Å². The van der Waals surface area contributed by atoms with E-state index in [2.05, 4.69) is 32.1 Å². The largest absolute Gasteiger partial charge is 0.507 e. The molecule has 24 nitrogen and oxygen atoms in total. The summed E-state index contributed by atoms with van der Waals surface area (Å²) in [6, 6.07) is 4.12. The van der Waals surface area contributed by atoms with Crippen LogP contribution >= 0.6 is 0 Å². The highest BCUT2D eigenvalue weighted by Crippen LogP contribution is 2.54. The highest BCUT2D eigenvalue weighted by molar-refractivity contribution is 7.88. The minimum absolute atomic E-state index is 0.0732. The summed E-state index contributed by atoms with van der Waals surface area (Å²) in [5, 5.41) is 41.4. The van der Waals surface area contributed by atoms with Crippen LogP contribution in [0, 0.1) is 29.6 Å². The van der Waals surface area contributed by atoms with E-state index in [4.69, 9.17) is 42.6 Å². The molecule has 0 bridgehead atoms. The Bertz CT molecular complexity index is 2730. The number of carbonyl (C=O) groups is 5. The van der Waals surface area contributed by atoms with Gasteiger partial charge in [-0.05, 0) is 57.4 Å². The number of nitrogens with one attached hydrogen (secondary N) is 4. The van der Waals surface area contributed by atoms with Crippen molar-refractivity contribution in [1.82, 2.24) is 25.0 Å². The molecule has 0 aromatic heterocycles. The van der Waals surface area contributed by atoms with Gasteiger partial charge in [-0.3, -0.25) is 19.3 Å². The molecule has 4 fully saturated rings. The lowest BCUT2D eigenvalue weighted by Crippen LogP contribution is -2.56. The van der Waals surface area contributed by atoms with E-state index in [1.54, 1.807) is 0 Å². The van der Waals surface area contributed by atoms with Crippen LogP contribution in [0.5, 0.6) is 17.2 Å². The maximum absolute atomic E-state index is 14.2. The number of aromatic hydroxyl groups is 2. The first-order valence-electron chi connectivity index (χ1n) is 25.6. The number of nitrogens with zero attached hydrogens (tertiary/aromatic N) is 1. The third-order valence-electron chi connectivity index (χ3n) is 14.9. The van der Waals surface area contributed by atoms with Crippen molar-refractivity contribution in [1.29, 1.82) is 0 Å². The molecule has 3 saturated heterocycles.